The molecule has 2 heterocycles. The lowest BCUT2D eigenvalue weighted by Crippen LogP contribution is -2.31. The second-order valence-corrected chi connectivity index (χ2v) is 6.97. The topological polar surface area (TPSA) is 86.3 Å². The molecular formula is C21H17N3O3S. The van der Waals surface area contributed by atoms with Crippen LogP contribution in [0.25, 0.3) is 22.0 Å². The molecule has 2 aromatic carbocycles. The van der Waals surface area contributed by atoms with Crippen LogP contribution in [0.3, 0.4) is 0 Å². The number of hydrogen-bond donors (Lipinski definition) is 2. The largest absolute Gasteiger partial charge is 0.432 e. The van der Waals surface area contributed by atoms with E-state index in [4.69, 9.17) is 10.6 Å². The lowest BCUT2D eigenvalue weighted by atomic mass is 10.0. The predicted molar refractivity (Wildman–Crippen MR) is 109 cm³/mol. The summed E-state index contributed by atoms with van der Waals surface area (Å²) in [4.78, 5) is 29.0. The standard InChI is InChI=1S/C21H17N3O3S/c22-20(25)16-7-5-15(6-8-16)18-12-24(19-4-2-1-3-17(18)19)27-21(26)23-11-14-9-10-28-13-14/h1-10,12-13H,11H2,(H2,22,25)(H,23,26). The summed E-state index contributed by atoms with van der Waals surface area (Å²) < 4.78 is 1.45. The molecule has 140 valence electrons. The number of nitrogens with zero attached hydrogens (tertiary/aromatic N) is 1. The highest BCUT2D eigenvalue weighted by molar-refractivity contribution is 7.07. The minimum absolute atomic E-state index is 0.406. The van der Waals surface area contributed by atoms with Gasteiger partial charge in [0, 0.05) is 23.1 Å². The van der Waals surface area contributed by atoms with Crippen LogP contribution in [0.5, 0.6) is 0 Å². The van der Waals surface area contributed by atoms with Crippen LogP contribution in [0.2, 0.25) is 0 Å². The van der Waals surface area contributed by atoms with E-state index in [0.29, 0.717) is 12.1 Å². The zero-order valence-corrected chi connectivity index (χ0v) is 15.6. The van der Waals surface area contributed by atoms with Gasteiger partial charge in [-0.1, -0.05) is 30.3 Å². The molecule has 0 unspecified atom stereocenters. The van der Waals surface area contributed by atoms with Crippen LogP contribution in [-0.4, -0.2) is 16.7 Å². The van der Waals surface area contributed by atoms with Gasteiger partial charge in [0.2, 0.25) is 5.91 Å². The van der Waals surface area contributed by atoms with Gasteiger partial charge >= 0.3 is 6.09 Å². The number of nitrogens with two attached hydrogens (primary N) is 1. The number of primary amides is 1. The number of nitrogens with one attached hydrogen (secondary N) is 1. The molecule has 0 aliphatic rings. The number of carbonyl (C=O) groups is 2. The molecule has 0 saturated carbocycles. The Morgan fingerprint density at radius 1 is 1.07 bits per heavy atom. The molecule has 28 heavy (non-hydrogen) atoms. The first-order chi connectivity index (χ1) is 13.6. The predicted octanol–water partition coefficient (Wildman–Crippen LogP) is 3.81. The first-order valence-electron chi connectivity index (χ1n) is 8.59. The molecule has 2 aromatic heterocycles. The Hall–Kier alpha value is -3.58. The second-order valence-electron chi connectivity index (χ2n) is 6.19. The summed E-state index contributed by atoms with van der Waals surface area (Å²) in [5.41, 5.74) is 9.32. The molecular weight excluding hydrogens is 374 g/mol. The van der Waals surface area contributed by atoms with E-state index in [2.05, 4.69) is 5.32 Å². The SMILES string of the molecule is NC(=O)c1ccc(-c2cn(OC(=O)NCc3ccsc3)c3ccccc23)cc1. The summed E-state index contributed by atoms with van der Waals surface area (Å²) in [6.45, 7) is 0.406. The molecule has 0 fully saturated rings. The fourth-order valence-corrected chi connectivity index (χ4v) is 3.63. The Kier molecular flexibility index (Phi) is 4.82. The van der Waals surface area contributed by atoms with Gasteiger partial charge in [-0.15, -0.1) is 0 Å². The highest BCUT2D eigenvalue weighted by atomic mass is 32.1. The molecule has 7 heteroatoms. The molecule has 0 aliphatic carbocycles. The molecule has 4 rings (SSSR count). The van der Waals surface area contributed by atoms with Crippen molar-refractivity contribution < 1.29 is 14.4 Å². The third-order valence-electron chi connectivity index (χ3n) is 4.36. The second kappa shape index (κ2) is 7.58. The van der Waals surface area contributed by atoms with Crippen LogP contribution in [-0.2, 0) is 6.54 Å². The van der Waals surface area contributed by atoms with Gasteiger partial charge in [0.15, 0.2) is 0 Å². The van der Waals surface area contributed by atoms with E-state index in [9.17, 15) is 9.59 Å². The van der Waals surface area contributed by atoms with Crippen molar-refractivity contribution in [2.45, 2.75) is 6.54 Å². The third-order valence-corrected chi connectivity index (χ3v) is 5.09. The summed E-state index contributed by atoms with van der Waals surface area (Å²) in [6.07, 6.45) is 1.22. The van der Waals surface area contributed by atoms with Gasteiger partial charge in [-0.3, -0.25) is 4.79 Å². The van der Waals surface area contributed by atoms with Crippen molar-refractivity contribution in [2.75, 3.05) is 0 Å². The first kappa shape index (κ1) is 17.8. The van der Waals surface area contributed by atoms with Gasteiger partial charge in [0.05, 0.1) is 11.7 Å². The summed E-state index contributed by atoms with van der Waals surface area (Å²) in [7, 11) is 0. The number of aromatic nitrogens is 1. The maximum Gasteiger partial charge on any atom is 0.432 e. The third kappa shape index (κ3) is 3.60. The van der Waals surface area contributed by atoms with E-state index < -0.39 is 12.0 Å². The zero-order chi connectivity index (χ0) is 19.5. The number of rotatable bonds is 5. The van der Waals surface area contributed by atoms with Crippen molar-refractivity contribution in [3.8, 4) is 11.1 Å². The molecule has 0 spiro atoms. The number of fused-ring (bicyclic) bond motifs is 1. The van der Waals surface area contributed by atoms with Crippen molar-refractivity contribution in [3.63, 3.8) is 0 Å². The molecule has 3 N–H and O–H groups in total. The van der Waals surface area contributed by atoms with Crippen LogP contribution < -0.4 is 15.9 Å². The fourth-order valence-electron chi connectivity index (χ4n) is 2.96. The van der Waals surface area contributed by atoms with Crippen LogP contribution >= 0.6 is 11.3 Å². The Labute approximate surface area is 165 Å². The fraction of sp³-hybridized carbons (Fsp3) is 0.0476. The van der Waals surface area contributed by atoms with E-state index in [1.54, 1.807) is 29.7 Å². The van der Waals surface area contributed by atoms with Crippen LogP contribution in [0.1, 0.15) is 15.9 Å². The van der Waals surface area contributed by atoms with Crippen molar-refractivity contribution >= 4 is 34.2 Å². The van der Waals surface area contributed by atoms with Crippen molar-refractivity contribution in [1.82, 2.24) is 10.0 Å². The van der Waals surface area contributed by atoms with Gasteiger partial charge in [-0.2, -0.15) is 16.1 Å². The average molecular weight is 391 g/mol. The normalized spacial score (nSPS) is 10.7. The van der Waals surface area contributed by atoms with Crippen LogP contribution in [0, 0.1) is 0 Å². The quantitative estimate of drug-likeness (QED) is 0.542. The van der Waals surface area contributed by atoms with Gasteiger partial charge < -0.3 is 15.9 Å². The molecule has 0 bridgehead atoms. The van der Waals surface area contributed by atoms with Crippen LogP contribution in [0.4, 0.5) is 4.79 Å². The van der Waals surface area contributed by atoms with E-state index >= 15 is 0 Å². The summed E-state index contributed by atoms with van der Waals surface area (Å²) in [6, 6.07) is 16.6. The minimum Gasteiger partial charge on any atom is -0.366 e. The number of carbonyl (C=O) groups excluding carboxylic acids is 2. The lowest BCUT2D eigenvalue weighted by molar-refractivity contribution is 0.1000. The van der Waals surface area contributed by atoms with Crippen molar-refractivity contribution in [2.24, 2.45) is 5.73 Å². The molecule has 6 nitrogen and oxygen atoms in total. The molecule has 0 radical (unpaired) electrons. The Morgan fingerprint density at radius 2 is 1.86 bits per heavy atom. The molecule has 0 atom stereocenters. The van der Waals surface area contributed by atoms with E-state index in [-0.39, 0.29) is 0 Å². The molecule has 4 aromatic rings. The van der Waals surface area contributed by atoms with Gasteiger partial charge in [0.1, 0.15) is 0 Å². The Balaban J connectivity index is 1.61. The number of amides is 2. The lowest BCUT2D eigenvalue weighted by Gasteiger charge is -2.07. The Bertz CT molecular complexity index is 1130. The van der Waals surface area contributed by atoms with Gasteiger partial charge in [-0.05, 0) is 46.2 Å². The van der Waals surface area contributed by atoms with Crippen molar-refractivity contribution in [3.05, 3.63) is 82.7 Å². The smallest absolute Gasteiger partial charge is 0.366 e. The number of hydrogen-bond acceptors (Lipinski definition) is 4. The minimum atomic E-state index is -0.539. The van der Waals surface area contributed by atoms with Gasteiger partial charge in [-0.25, -0.2) is 4.79 Å². The van der Waals surface area contributed by atoms with E-state index in [0.717, 1.165) is 27.6 Å². The maximum absolute atomic E-state index is 12.2. The van der Waals surface area contributed by atoms with E-state index in [1.165, 1.54) is 4.73 Å². The van der Waals surface area contributed by atoms with Gasteiger partial charge in [0.25, 0.3) is 0 Å². The molecule has 0 saturated heterocycles. The maximum atomic E-state index is 12.2. The zero-order valence-electron chi connectivity index (χ0n) is 14.8. The summed E-state index contributed by atoms with van der Waals surface area (Å²) in [5.74, 6) is -0.473. The monoisotopic (exact) mass is 391 g/mol. The molecule has 0 aliphatic heterocycles. The van der Waals surface area contributed by atoms with E-state index in [1.807, 2.05) is 53.2 Å². The van der Waals surface area contributed by atoms with Crippen LogP contribution in [0.15, 0.2) is 71.6 Å². The number of benzene rings is 2. The summed E-state index contributed by atoms with van der Waals surface area (Å²) in [5, 5.41) is 7.60. The van der Waals surface area contributed by atoms with Crippen molar-refractivity contribution in [1.29, 1.82) is 0 Å². The average Bonchev–Trinajstić information content (AvgIpc) is 3.35. The Morgan fingerprint density at radius 3 is 2.57 bits per heavy atom. The number of para-hydroxylation sites is 1. The summed E-state index contributed by atoms with van der Waals surface area (Å²) >= 11 is 1.57. The highest BCUT2D eigenvalue weighted by Crippen LogP contribution is 2.30. The number of thiophene rings is 1. The molecule has 2 amide bonds. The highest BCUT2D eigenvalue weighted by Gasteiger charge is 2.14. The first-order valence-corrected chi connectivity index (χ1v) is 9.53.